The highest BCUT2D eigenvalue weighted by molar-refractivity contribution is 5.74. The number of pyridine rings is 2. The zero-order valence-electron chi connectivity index (χ0n) is 18.7. The molecule has 1 fully saturated rings. The van der Waals surface area contributed by atoms with E-state index in [1.165, 1.54) is 17.2 Å². The first-order valence-corrected chi connectivity index (χ1v) is 11.4. The van der Waals surface area contributed by atoms with Crippen LogP contribution in [-0.2, 0) is 20.1 Å². The molecule has 0 bridgehead atoms. The second-order valence-electron chi connectivity index (χ2n) is 8.76. The van der Waals surface area contributed by atoms with Crippen molar-refractivity contribution in [2.75, 3.05) is 13.1 Å². The molecule has 0 radical (unpaired) electrons. The van der Waals surface area contributed by atoms with Crippen LogP contribution < -0.4 is 11.2 Å². The summed E-state index contributed by atoms with van der Waals surface area (Å²) in [4.78, 5) is 37.3. The number of nitrogens with zero attached hydrogens (tertiary/aromatic N) is 5. The maximum Gasteiger partial charge on any atom is 0.332 e. The third-order valence-electron chi connectivity index (χ3n) is 6.47. The molecule has 4 heterocycles. The number of piperidine rings is 1. The zero-order chi connectivity index (χ0) is 22.8. The van der Waals surface area contributed by atoms with Crippen molar-refractivity contribution in [3.8, 4) is 0 Å². The van der Waals surface area contributed by atoms with Gasteiger partial charge in [-0.2, -0.15) is 0 Å². The molecule has 33 heavy (non-hydrogen) atoms. The number of hydrogen-bond acceptors (Lipinski definition) is 5. The van der Waals surface area contributed by atoms with Crippen molar-refractivity contribution in [3.63, 3.8) is 0 Å². The summed E-state index contributed by atoms with van der Waals surface area (Å²) in [5, 5.41) is 0.473. The van der Waals surface area contributed by atoms with Gasteiger partial charge < -0.3 is 0 Å². The van der Waals surface area contributed by atoms with Gasteiger partial charge in [-0.25, -0.2) is 9.78 Å². The van der Waals surface area contributed by atoms with Gasteiger partial charge in [-0.15, -0.1) is 0 Å². The molecular weight excluding hydrogens is 414 g/mol. The van der Waals surface area contributed by atoms with Gasteiger partial charge in [0.1, 0.15) is 5.65 Å². The molecule has 0 saturated carbocycles. The molecule has 3 aromatic heterocycles. The van der Waals surface area contributed by atoms with Crippen LogP contribution in [0.2, 0.25) is 0 Å². The summed E-state index contributed by atoms with van der Waals surface area (Å²) in [6.07, 6.45) is 5.78. The van der Waals surface area contributed by atoms with Gasteiger partial charge in [-0.1, -0.05) is 30.3 Å². The molecule has 1 aliphatic heterocycles. The van der Waals surface area contributed by atoms with Crippen molar-refractivity contribution in [3.05, 3.63) is 105 Å². The van der Waals surface area contributed by atoms with E-state index in [0.717, 1.165) is 43.7 Å². The number of fused-ring (bicyclic) bond motifs is 1. The highest BCUT2D eigenvalue weighted by Gasteiger charge is 2.24. The van der Waals surface area contributed by atoms with Gasteiger partial charge in [-0.05, 0) is 54.8 Å². The minimum Gasteiger partial charge on any atom is -0.298 e. The molecule has 0 aliphatic carbocycles. The van der Waals surface area contributed by atoms with E-state index in [0.29, 0.717) is 17.6 Å². The van der Waals surface area contributed by atoms with Gasteiger partial charge >= 0.3 is 5.69 Å². The molecule has 1 saturated heterocycles. The summed E-state index contributed by atoms with van der Waals surface area (Å²) in [6, 6.07) is 17.7. The van der Waals surface area contributed by atoms with Crippen LogP contribution in [0, 0.1) is 0 Å². The average molecular weight is 442 g/mol. The molecule has 1 atom stereocenters. The Hall–Kier alpha value is -3.58. The lowest BCUT2D eigenvalue weighted by atomic mass is 9.93. The van der Waals surface area contributed by atoms with Gasteiger partial charge in [0.2, 0.25) is 0 Å². The number of likely N-dealkylation sites (tertiary alicyclic amines) is 1. The molecule has 0 unspecified atom stereocenters. The molecule has 0 amide bonds. The standard InChI is InChI=1S/C26H27N5O2/c1-29-25(32)22-9-10-23(21-8-5-15-30(18-21)16-20-11-13-27-14-12-20)28-24(22)31(26(29)33)17-19-6-3-2-4-7-19/h2-4,6-7,9-14,21H,5,8,15-18H2,1H3/t21-/m1/s1. The Kier molecular flexibility index (Phi) is 5.88. The normalized spacial score (nSPS) is 16.8. The first-order valence-electron chi connectivity index (χ1n) is 11.4. The Morgan fingerprint density at radius 1 is 0.939 bits per heavy atom. The maximum atomic E-state index is 13.0. The average Bonchev–Trinajstić information content (AvgIpc) is 2.86. The summed E-state index contributed by atoms with van der Waals surface area (Å²) in [7, 11) is 1.53. The molecule has 7 nitrogen and oxygen atoms in total. The van der Waals surface area contributed by atoms with Crippen molar-refractivity contribution in [1.82, 2.24) is 24.0 Å². The first-order chi connectivity index (χ1) is 16.1. The molecule has 0 spiro atoms. The van der Waals surface area contributed by atoms with Gasteiger partial charge in [0, 0.05) is 44.1 Å². The highest BCUT2D eigenvalue weighted by atomic mass is 16.2. The van der Waals surface area contributed by atoms with Crippen LogP contribution in [0.4, 0.5) is 0 Å². The van der Waals surface area contributed by atoms with Gasteiger partial charge in [0.25, 0.3) is 5.56 Å². The Morgan fingerprint density at radius 3 is 2.48 bits per heavy atom. The summed E-state index contributed by atoms with van der Waals surface area (Å²) < 4.78 is 2.79. The lowest BCUT2D eigenvalue weighted by Gasteiger charge is -2.32. The summed E-state index contributed by atoms with van der Waals surface area (Å²) >= 11 is 0. The van der Waals surface area contributed by atoms with E-state index in [4.69, 9.17) is 4.98 Å². The van der Waals surface area contributed by atoms with Crippen LogP contribution >= 0.6 is 0 Å². The Bertz CT molecular complexity index is 1380. The largest absolute Gasteiger partial charge is 0.332 e. The molecule has 7 heteroatoms. The molecule has 1 aromatic carbocycles. The zero-order valence-corrected chi connectivity index (χ0v) is 18.7. The second kappa shape index (κ2) is 9.11. The van der Waals surface area contributed by atoms with Gasteiger partial charge in [0.05, 0.1) is 11.9 Å². The van der Waals surface area contributed by atoms with Gasteiger partial charge in [-0.3, -0.25) is 23.8 Å². The fourth-order valence-electron chi connectivity index (χ4n) is 4.70. The van der Waals surface area contributed by atoms with E-state index in [9.17, 15) is 9.59 Å². The Morgan fingerprint density at radius 2 is 1.70 bits per heavy atom. The summed E-state index contributed by atoms with van der Waals surface area (Å²) in [5.74, 6) is 0.259. The minimum atomic E-state index is -0.344. The van der Waals surface area contributed by atoms with Crippen LogP contribution in [0.15, 0.2) is 76.6 Å². The molecule has 0 N–H and O–H groups in total. The van der Waals surface area contributed by atoms with Gasteiger partial charge in [0.15, 0.2) is 0 Å². The third kappa shape index (κ3) is 4.36. The van der Waals surface area contributed by atoms with Crippen molar-refractivity contribution < 1.29 is 0 Å². The third-order valence-corrected chi connectivity index (χ3v) is 6.47. The van der Waals surface area contributed by atoms with Crippen molar-refractivity contribution in [2.24, 2.45) is 7.05 Å². The Labute approximate surface area is 192 Å². The number of hydrogen-bond donors (Lipinski definition) is 0. The predicted molar refractivity (Wildman–Crippen MR) is 128 cm³/mol. The van der Waals surface area contributed by atoms with E-state index in [2.05, 4.69) is 22.0 Å². The fraction of sp³-hybridized carbons (Fsp3) is 0.308. The van der Waals surface area contributed by atoms with Crippen LogP contribution in [0.5, 0.6) is 0 Å². The summed E-state index contributed by atoms with van der Waals surface area (Å²) in [5.41, 5.74) is 3.00. The SMILES string of the molecule is Cn1c(=O)c2ccc([C@@H]3CCCN(Cc4ccncc4)C3)nc2n(Cc2ccccc2)c1=O. The topological polar surface area (TPSA) is 73.0 Å². The molecule has 1 aliphatic rings. The van der Waals surface area contributed by atoms with Crippen molar-refractivity contribution in [2.45, 2.75) is 31.8 Å². The van der Waals surface area contributed by atoms with E-state index in [-0.39, 0.29) is 17.2 Å². The lowest BCUT2D eigenvalue weighted by Crippen LogP contribution is -2.39. The van der Waals surface area contributed by atoms with E-state index < -0.39 is 0 Å². The van der Waals surface area contributed by atoms with Crippen LogP contribution in [0.1, 0.15) is 35.6 Å². The highest BCUT2D eigenvalue weighted by Crippen LogP contribution is 2.27. The predicted octanol–water partition coefficient (Wildman–Crippen LogP) is 2.92. The van der Waals surface area contributed by atoms with E-state index in [1.54, 1.807) is 4.57 Å². The van der Waals surface area contributed by atoms with Crippen LogP contribution in [0.25, 0.3) is 11.0 Å². The first kappa shape index (κ1) is 21.3. The van der Waals surface area contributed by atoms with E-state index >= 15 is 0 Å². The maximum absolute atomic E-state index is 13.0. The molecular formula is C26H27N5O2. The quantitative estimate of drug-likeness (QED) is 0.476. The monoisotopic (exact) mass is 441 g/mol. The number of benzene rings is 1. The fourth-order valence-corrected chi connectivity index (χ4v) is 4.70. The smallest absolute Gasteiger partial charge is 0.298 e. The molecule has 168 valence electrons. The molecule has 4 aromatic rings. The number of rotatable bonds is 5. The molecule has 5 rings (SSSR count). The van der Waals surface area contributed by atoms with Crippen molar-refractivity contribution in [1.29, 1.82) is 0 Å². The minimum absolute atomic E-state index is 0.259. The second-order valence-corrected chi connectivity index (χ2v) is 8.76. The van der Waals surface area contributed by atoms with Crippen LogP contribution in [0.3, 0.4) is 0 Å². The van der Waals surface area contributed by atoms with Crippen molar-refractivity contribution >= 4 is 11.0 Å². The van der Waals surface area contributed by atoms with Crippen LogP contribution in [-0.4, -0.2) is 37.1 Å². The summed E-state index contributed by atoms with van der Waals surface area (Å²) in [6.45, 7) is 3.20. The lowest BCUT2D eigenvalue weighted by molar-refractivity contribution is 0.198. The Balaban J connectivity index is 1.50. The number of aromatic nitrogens is 4. The van der Waals surface area contributed by atoms with E-state index in [1.807, 2.05) is 54.9 Å².